The molecule has 0 saturated carbocycles. The fourth-order valence-corrected chi connectivity index (χ4v) is 3.93. The van der Waals surface area contributed by atoms with Crippen LogP contribution in [0, 0.1) is 0 Å². The average molecular weight is 473 g/mol. The largest absolute Gasteiger partial charge is 0.461 e. The van der Waals surface area contributed by atoms with E-state index in [0.29, 0.717) is 11.5 Å². The monoisotopic (exact) mass is 472 g/mol. The minimum Gasteiger partial charge on any atom is -0.461 e. The van der Waals surface area contributed by atoms with Crippen molar-refractivity contribution in [1.82, 2.24) is 10.2 Å². The van der Waals surface area contributed by atoms with Crippen molar-refractivity contribution < 1.29 is 9.53 Å². The lowest BCUT2D eigenvalue weighted by Gasteiger charge is -2.13. The number of esters is 1. The van der Waals surface area contributed by atoms with E-state index < -0.39 is 0 Å². The number of ether oxygens (including phenoxy) is 1. The van der Waals surface area contributed by atoms with E-state index in [9.17, 15) is 4.79 Å². The maximum Gasteiger partial charge on any atom is 0.308 e. The molecule has 1 atom stereocenters. The van der Waals surface area contributed by atoms with Crippen LogP contribution in [0.4, 0.5) is 11.5 Å². The number of carbonyl (C=O) groups excluding carboxylic acids is 1. The van der Waals surface area contributed by atoms with Crippen LogP contribution in [0.2, 0.25) is 0 Å². The number of para-hydroxylation sites is 1. The van der Waals surface area contributed by atoms with Gasteiger partial charge in [-0.25, -0.2) is 0 Å². The van der Waals surface area contributed by atoms with Crippen molar-refractivity contribution in [3.05, 3.63) is 94.7 Å². The Kier molecular flexibility index (Phi) is 7.59. The minimum absolute atomic E-state index is 0.0814. The number of thiophene rings is 1. The number of benzene rings is 2. The summed E-state index contributed by atoms with van der Waals surface area (Å²) >= 11 is 1.52. The SMILES string of the molecule is NC(=Nc1ccc(-c2ccccc2)nn1)Nc1ccccc1COC(=O)CC(N)c1cccs1. The number of hydrogen-bond donors (Lipinski definition) is 3. The van der Waals surface area contributed by atoms with Gasteiger partial charge in [0.25, 0.3) is 0 Å². The summed E-state index contributed by atoms with van der Waals surface area (Å²) < 4.78 is 5.44. The highest BCUT2D eigenvalue weighted by molar-refractivity contribution is 7.10. The molecule has 0 saturated heterocycles. The molecule has 172 valence electrons. The summed E-state index contributed by atoms with van der Waals surface area (Å²) in [6.07, 6.45) is 0.108. The van der Waals surface area contributed by atoms with Gasteiger partial charge in [-0.3, -0.25) is 4.79 Å². The lowest BCUT2D eigenvalue weighted by molar-refractivity contribution is -0.145. The number of hydrogen-bond acceptors (Lipinski definition) is 7. The predicted molar refractivity (Wildman–Crippen MR) is 134 cm³/mol. The van der Waals surface area contributed by atoms with Crippen LogP contribution in [0.25, 0.3) is 11.3 Å². The average Bonchev–Trinajstić information content (AvgIpc) is 3.40. The van der Waals surface area contributed by atoms with Gasteiger partial charge in [-0.15, -0.1) is 21.5 Å². The number of nitrogens with zero attached hydrogens (tertiary/aromatic N) is 3. The molecule has 0 amide bonds. The van der Waals surface area contributed by atoms with E-state index in [1.54, 1.807) is 6.07 Å². The third kappa shape index (κ3) is 6.25. The van der Waals surface area contributed by atoms with Gasteiger partial charge in [0.15, 0.2) is 11.8 Å². The van der Waals surface area contributed by atoms with E-state index >= 15 is 0 Å². The number of aromatic nitrogens is 2. The summed E-state index contributed by atoms with van der Waals surface area (Å²) in [5.74, 6) is 0.141. The molecule has 0 aliphatic heterocycles. The van der Waals surface area contributed by atoms with Crippen LogP contribution in [0.3, 0.4) is 0 Å². The van der Waals surface area contributed by atoms with E-state index in [1.165, 1.54) is 11.3 Å². The maximum atomic E-state index is 12.2. The van der Waals surface area contributed by atoms with Crippen LogP contribution in [0.1, 0.15) is 22.9 Å². The van der Waals surface area contributed by atoms with E-state index in [2.05, 4.69) is 20.5 Å². The smallest absolute Gasteiger partial charge is 0.308 e. The van der Waals surface area contributed by atoms with Crippen molar-refractivity contribution in [3.8, 4) is 11.3 Å². The molecule has 0 radical (unpaired) electrons. The third-order valence-electron chi connectivity index (χ3n) is 4.92. The summed E-state index contributed by atoms with van der Waals surface area (Å²) in [7, 11) is 0. The van der Waals surface area contributed by atoms with Crippen molar-refractivity contribution in [1.29, 1.82) is 0 Å². The van der Waals surface area contributed by atoms with Crippen LogP contribution >= 0.6 is 11.3 Å². The second-order valence-corrected chi connectivity index (χ2v) is 8.39. The van der Waals surface area contributed by atoms with Crippen LogP contribution in [0.5, 0.6) is 0 Å². The third-order valence-corrected chi connectivity index (χ3v) is 5.92. The zero-order valence-corrected chi connectivity index (χ0v) is 19.1. The number of aliphatic imine (C=N–C) groups is 1. The van der Waals surface area contributed by atoms with Crippen molar-refractivity contribution in [2.24, 2.45) is 16.5 Å². The van der Waals surface area contributed by atoms with Crippen molar-refractivity contribution in [2.45, 2.75) is 19.1 Å². The van der Waals surface area contributed by atoms with Gasteiger partial charge in [0.05, 0.1) is 12.1 Å². The molecule has 1 unspecified atom stereocenters. The number of nitrogens with one attached hydrogen (secondary N) is 1. The van der Waals surface area contributed by atoms with Gasteiger partial charge in [-0.1, -0.05) is 54.6 Å². The molecule has 0 fully saturated rings. The normalized spacial score (nSPS) is 12.2. The highest BCUT2D eigenvalue weighted by Crippen LogP contribution is 2.22. The molecule has 8 nitrogen and oxygen atoms in total. The number of carbonyl (C=O) groups is 1. The first-order valence-electron chi connectivity index (χ1n) is 10.6. The summed E-state index contributed by atoms with van der Waals surface area (Å²) in [6, 6.07) is 24.1. The zero-order chi connectivity index (χ0) is 23.8. The first kappa shape index (κ1) is 23.1. The molecule has 0 aliphatic carbocycles. The van der Waals surface area contributed by atoms with E-state index in [-0.39, 0.29) is 31.0 Å². The van der Waals surface area contributed by atoms with Gasteiger partial charge in [-0.2, -0.15) is 4.99 Å². The number of guanidine groups is 1. The molecule has 34 heavy (non-hydrogen) atoms. The van der Waals surface area contributed by atoms with Crippen molar-refractivity contribution >= 4 is 34.8 Å². The van der Waals surface area contributed by atoms with E-state index in [1.807, 2.05) is 78.2 Å². The number of nitrogens with two attached hydrogens (primary N) is 2. The van der Waals surface area contributed by atoms with Gasteiger partial charge in [0.2, 0.25) is 0 Å². The topological polar surface area (TPSA) is 129 Å². The standard InChI is InChI=1S/C25H24N6O2S/c26-19(22-11-6-14-34-22)15-24(32)33-16-18-9-4-5-10-20(18)28-25(27)29-23-13-12-21(30-31-23)17-7-2-1-3-8-17/h1-14,19H,15-16,26H2,(H3,27,28,29,31). The Morgan fingerprint density at radius 1 is 1.00 bits per heavy atom. The highest BCUT2D eigenvalue weighted by atomic mass is 32.1. The van der Waals surface area contributed by atoms with E-state index in [4.69, 9.17) is 16.2 Å². The van der Waals surface area contributed by atoms with Gasteiger partial charge < -0.3 is 21.5 Å². The maximum absolute atomic E-state index is 12.2. The molecule has 2 aromatic carbocycles. The molecule has 2 aromatic heterocycles. The van der Waals surface area contributed by atoms with Crippen molar-refractivity contribution in [3.63, 3.8) is 0 Å². The molecule has 2 heterocycles. The summed E-state index contributed by atoms with van der Waals surface area (Å²) in [4.78, 5) is 17.5. The molecule has 9 heteroatoms. The molecule has 0 spiro atoms. The van der Waals surface area contributed by atoms with Crippen molar-refractivity contribution in [2.75, 3.05) is 5.32 Å². The fourth-order valence-electron chi connectivity index (χ4n) is 3.20. The predicted octanol–water partition coefficient (Wildman–Crippen LogP) is 4.40. The summed E-state index contributed by atoms with van der Waals surface area (Å²) in [6.45, 7) is 0.0814. The molecular weight excluding hydrogens is 448 g/mol. The Bertz CT molecular complexity index is 1240. The van der Waals surface area contributed by atoms with Crippen LogP contribution in [-0.2, 0) is 16.1 Å². The first-order valence-corrected chi connectivity index (χ1v) is 11.5. The summed E-state index contributed by atoms with van der Waals surface area (Å²) in [5, 5.41) is 13.3. The number of anilines is 1. The second kappa shape index (κ2) is 11.2. The quantitative estimate of drug-likeness (QED) is 0.197. The van der Waals surface area contributed by atoms with Gasteiger partial charge in [-0.05, 0) is 29.6 Å². The van der Waals surface area contributed by atoms with Gasteiger partial charge in [0.1, 0.15) is 6.61 Å². The van der Waals surface area contributed by atoms with E-state index in [0.717, 1.165) is 21.7 Å². The molecule has 0 bridgehead atoms. The Hall–Kier alpha value is -4.08. The van der Waals surface area contributed by atoms with Gasteiger partial charge in [0, 0.05) is 27.7 Å². The highest BCUT2D eigenvalue weighted by Gasteiger charge is 2.14. The minimum atomic E-state index is -0.377. The van der Waals surface area contributed by atoms with Crippen LogP contribution < -0.4 is 16.8 Å². The molecule has 0 aliphatic rings. The van der Waals surface area contributed by atoms with Crippen LogP contribution in [0.15, 0.2) is 89.2 Å². The fraction of sp³-hybridized carbons (Fsp3) is 0.120. The van der Waals surface area contributed by atoms with Gasteiger partial charge >= 0.3 is 5.97 Å². The summed E-state index contributed by atoms with van der Waals surface area (Å²) in [5.41, 5.74) is 15.3. The number of rotatable bonds is 8. The zero-order valence-electron chi connectivity index (χ0n) is 18.3. The molecular formula is C25H24N6O2S. The molecule has 5 N–H and O–H groups in total. The Morgan fingerprint density at radius 2 is 1.79 bits per heavy atom. The Morgan fingerprint density at radius 3 is 2.53 bits per heavy atom. The molecule has 4 rings (SSSR count). The van der Waals surface area contributed by atoms with Crippen LogP contribution in [-0.4, -0.2) is 22.1 Å². The lowest BCUT2D eigenvalue weighted by Crippen LogP contribution is -2.23. The molecule has 4 aromatic rings. The Labute approximate surface area is 201 Å². The first-order chi connectivity index (χ1) is 16.6. The Balaban J connectivity index is 1.36. The second-order valence-electron chi connectivity index (χ2n) is 7.41. The lowest BCUT2D eigenvalue weighted by atomic mass is 10.1.